The molecule has 1 amide bonds. The van der Waals surface area contributed by atoms with Crippen LogP contribution in [0.1, 0.15) is 30.9 Å². The van der Waals surface area contributed by atoms with Crippen molar-refractivity contribution in [3.05, 3.63) is 35.9 Å². The molecule has 1 aromatic carbocycles. The van der Waals surface area contributed by atoms with Gasteiger partial charge in [-0.2, -0.15) is 0 Å². The van der Waals surface area contributed by atoms with E-state index < -0.39 is 0 Å². The monoisotopic (exact) mass is 289 g/mol. The number of amides is 1. The van der Waals surface area contributed by atoms with E-state index in [1.165, 1.54) is 12.0 Å². The number of nitrogens with one attached hydrogen (secondary N) is 2. The fourth-order valence-corrected chi connectivity index (χ4v) is 2.90. The number of likely N-dealkylation sites (N-methyl/N-ethyl adjacent to an activating group) is 1. The summed E-state index contributed by atoms with van der Waals surface area (Å²) in [4.78, 5) is 14.4. The Hall–Kier alpha value is -1.39. The van der Waals surface area contributed by atoms with Gasteiger partial charge >= 0.3 is 0 Å². The van der Waals surface area contributed by atoms with E-state index in [0.29, 0.717) is 12.3 Å². The van der Waals surface area contributed by atoms with Crippen molar-refractivity contribution >= 4 is 5.91 Å². The molecule has 1 heterocycles. The van der Waals surface area contributed by atoms with Gasteiger partial charge in [0.1, 0.15) is 0 Å². The molecule has 4 nitrogen and oxygen atoms in total. The van der Waals surface area contributed by atoms with E-state index in [9.17, 15) is 4.79 Å². The quantitative estimate of drug-likeness (QED) is 0.839. The van der Waals surface area contributed by atoms with Gasteiger partial charge in [0.05, 0.1) is 6.04 Å². The van der Waals surface area contributed by atoms with Crippen molar-refractivity contribution in [3.63, 3.8) is 0 Å². The average Bonchev–Trinajstić information content (AvgIpc) is 2.48. The van der Waals surface area contributed by atoms with Crippen molar-refractivity contribution < 1.29 is 4.79 Å². The highest BCUT2D eigenvalue weighted by Gasteiger charge is 2.20. The molecule has 21 heavy (non-hydrogen) atoms. The summed E-state index contributed by atoms with van der Waals surface area (Å²) >= 11 is 0. The lowest BCUT2D eigenvalue weighted by Crippen LogP contribution is -2.38. The summed E-state index contributed by atoms with van der Waals surface area (Å²) in [5.41, 5.74) is 1.17. The molecule has 0 bridgehead atoms. The SMILES string of the molecule is CN(C)CC(NC(=O)CC1CCCNC1)c1ccccc1. The maximum absolute atomic E-state index is 12.3. The van der Waals surface area contributed by atoms with Crippen LogP contribution in [0.15, 0.2) is 30.3 Å². The molecule has 1 saturated heterocycles. The molecule has 1 fully saturated rings. The highest BCUT2D eigenvalue weighted by atomic mass is 16.1. The van der Waals surface area contributed by atoms with Gasteiger partial charge in [-0.15, -0.1) is 0 Å². The predicted molar refractivity (Wildman–Crippen MR) is 86.1 cm³/mol. The number of nitrogens with zero attached hydrogens (tertiary/aromatic N) is 1. The summed E-state index contributed by atoms with van der Waals surface area (Å²) < 4.78 is 0. The Balaban J connectivity index is 1.92. The summed E-state index contributed by atoms with van der Waals surface area (Å²) in [7, 11) is 4.07. The van der Waals surface area contributed by atoms with Crippen LogP contribution < -0.4 is 10.6 Å². The normalized spacial score (nSPS) is 20.2. The molecule has 116 valence electrons. The largest absolute Gasteiger partial charge is 0.348 e. The van der Waals surface area contributed by atoms with Crippen LogP contribution in [0.2, 0.25) is 0 Å². The Labute approximate surface area is 127 Å². The third-order valence-corrected chi connectivity index (χ3v) is 3.96. The van der Waals surface area contributed by atoms with Gasteiger partial charge in [0, 0.05) is 13.0 Å². The molecular formula is C17H27N3O. The van der Waals surface area contributed by atoms with Gasteiger partial charge < -0.3 is 15.5 Å². The number of carbonyl (C=O) groups excluding carboxylic acids is 1. The van der Waals surface area contributed by atoms with Gasteiger partial charge in [-0.05, 0) is 51.5 Å². The van der Waals surface area contributed by atoms with Gasteiger partial charge in [-0.25, -0.2) is 0 Å². The lowest BCUT2D eigenvalue weighted by molar-refractivity contribution is -0.123. The summed E-state index contributed by atoms with van der Waals surface area (Å²) in [6, 6.07) is 10.3. The highest BCUT2D eigenvalue weighted by Crippen LogP contribution is 2.17. The van der Waals surface area contributed by atoms with Gasteiger partial charge in [-0.3, -0.25) is 4.79 Å². The molecule has 0 aliphatic carbocycles. The number of hydrogen-bond acceptors (Lipinski definition) is 3. The average molecular weight is 289 g/mol. The third-order valence-electron chi connectivity index (χ3n) is 3.96. The van der Waals surface area contributed by atoms with Crippen LogP contribution in [0.3, 0.4) is 0 Å². The highest BCUT2D eigenvalue weighted by molar-refractivity contribution is 5.76. The Kier molecular flexibility index (Phi) is 6.21. The zero-order valence-electron chi connectivity index (χ0n) is 13.1. The Morgan fingerprint density at radius 1 is 1.38 bits per heavy atom. The second-order valence-corrected chi connectivity index (χ2v) is 6.21. The molecule has 1 aliphatic heterocycles. The zero-order chi connectivity index (χ0) is 15.1. The first kappa shape index (κ1) is 16.0. The maximum Gasteiger partial charge on any atom is 0.220 e. The van der Waals surface area contributed by atoms with E-state index in [1.54, 1.807) is 0 Å². The van der Waals surface area contributed by atoms with Crippen LogP contribution in [-0.4, -0.2) is 44.5 Å². The lowest BCUT2D eigenvalue weighted by Gasteiger charge is -2.26. The second kappa shape index (κ2) is 8.15. The molecule has 1 aromatic rings. The third kappa shape index (κ3) is 5.48. The van der Waals surface area contributed by atoms with Crippen molar-refractivity contribution in [1.29, 1.82) is 0 Å². The van der Waals surface area contributed by atoms with E-state index >= 15 is 0 Å². The Morgan fingerprint density at radius 3 is 2.76 bits per heavy atom. The van der Waals surface area contributed by atoms with Crippen molar-refractivity contribution in [1.82, 2.24) is 15.5 Å². The molecule has 4 heteroatoms. The molecule has 2 N–H and O–H groups in total. The molecule has 2 unspecified atom stereocenters. The van der Waals surface area contributed by atoms with Crippen LogP contribution in [0, 0.1) is 5.92 Å². The van der Waals surface area contributed by atoms with Crippen LogP contribution in [0.5, 0.6) is 0 Å². The second-order valence-electron chi connectivity index (χ2n) is 6.21. The predicted octanol–water partition coefficient (Wildman–Crippen LogP) is 1.80. The molecule has 1 aliphatic rings. The van der Waals surface area contributed by atoms with Crippen molar-refractivity contribution in [2.75, 3.05) is 33.7 Å². The first-order chi connectivity index (χ1) is 10.1. The molecule has 2 rings (SSSR count). The molecular weight excluding hydrogens is 262 g/mol. The number of carbonyl (C=O) groups is 1. The van der Waals surface area contributed by atoms with Crippen LogP contribution in [0.25, 0.3) is 0 Å². The summed E-state index contributed by atoms with van der Waals surface area (Å²) in [6.45, 7) is 2.88. The van der Waals surface area contributed by atoms with Gasteiger partial charge in [0.25, 0.3) is 0 Å². The van der Waals surface area contributed by atoms with Gasteiger partial charge in [0.2, 0.25) is 5.91 Å². The minimum Gasteiger partial charge on any atom is -0.348 e. The van der Waals surface area contributed by atoms with E-state index in [0.717, 1.165) is 26.1 Å². The summed E-state index contributed by atoms with van der Waals surface area (Å²) in [5.74, 6) is 0.647. The van der Waals surface area contributed by atoms with Crippen molar-refractivity contribution in [3.8, 4) is 0 Å². The Bertz CT molecular complexity index is 427. The molecule has 0 aromatic heterocycles. The first-order valence-corrected chi connectivity index (χ1v) is 7.85. The Morgan fingerprint density at radius 2 is 2.14 bits per heavy atom. The number of piperidine rings is 1. The van der Waals surface area contributed by atoms with E-state index in [2.05, 4.69) is 27.7 Å². The van der Waals surface area contributed by atoms with E-state index in [-0.39, 0.29) is 11.9 Å². The topological polar surface area (TPSA) is 44.4 Å². The standard InChI is InChI=1S/C17H27N3O/c1-20(2)13-16(15-8-4-3-5-9-15)19-17(21)11-14-7-6-10-18-12-14/h3-5,8-9,14,16,18H,6-7,10-13H2,1-2H3,(H,19,21). The van der Waals surface area contributed by atoms with Crippen LogP contribution in [0.4, 0.5) is 0 Å². The molecule has 2 atom stereocenters. The van der Waals surface area contributed by atoms with Gasteiger partial charge in [-0.1, -0.05) is 30.3 Å². The molecule has 0 radical (unpaired) electrons. The number of hydrogen-bond donors (Lipinski definition) is 2. The number of rotatable bonds is 6. The molecule has 0 saturated carbocycles. The first-order valence-electron chi connectivity index (χ1n) is 7.85. The van der Waals surface area contributed by atoms with Crippen molar-refractivity contribution in [2.24, 2.45) is 5.92 Å². The minimum atomic E-state index is 0.0604. The maximum atomic E-state index is 12.3. The minimum absolute atomic E-state index is 0.0604. The fraction of sp³-hybridized carbons (Fsp3) is 0.588. The van der Waals surface area contributed by atoms with Crippen molar-refractivity contribution in [2.45, 2.75) is 25.3 Å². The smallest absolute Gasteiger partial charge is 0.220 e. The van der Waals surface area contributed by atoms with E-state index in [4.69, 9.17) is 0 Å². The lowest BCUT2D eigenvalue weighted by atomic mass is 9.95. The van der Waals surface area contributed by atoms with Gasteiger partial charge in [0.15, 0.2) is 0 Å². The summed E-state index contributed by atoms with van der Waals surface area (Å²) in [5, 5.41) is 6.57. The zero-order valence-corrected chi connectivity index (χ0v) is 13.1. The number of benzene rings is 1. The molecule has 0 spiro atoms. The van der Waals surface area contributed by atoms with Crippen LogP contribution in [-0.2, 0) is 4.79 Å². The fourth-order valence-electron chi connectivity index (χ4n) is 2.90. The summed E-state index contributed by atoms with van der Waals surface area (Å²) in [6.07, 6.45) is 2.96. The van der Waals surface area contributed by atoms with E-state index in [1.807, 2.05) is 32.3 Å². The van der Waals surface area contributed by atoms with Crippen LogP contribution >= 0.6 is 0 Å².